The molecule has 1 aliphatic heterocycles. The molecule has 4 rings (SSSR count). The Kier molecular flexibility index (Phi) is 6.48. The first-order chi connectivity index (χ1) is 16.6. The Morgan fingerprint density at radius 3 is 2.51 bits per heavy atom. The van der Waals surface area contributed by atoms with Gasteiger partial charge in [-0.2, -0.15) is 0 Å². The van der Waals surface area contributed by atoms with Gasteiger partial charge in [-0.05, 0) is 58.9 Å². The summed E-state index contributed by atoms with van der Waals surface area (Å²) in [7, 11) is 1.58. The minimum atomic E-state index is -0.771. The van der Waals surface area contributed by atoms with Crippen molar-refractivity contribution in [2.75, 3.05) is 7.11 Å². The van der Waals surface area contributed by atoms with E-state index in [9.17, 15) is 14.7 Å². The molecule has 1 aliphatic rings. The van der Waals surface area contributed by atoms with Gasteiger partial charge < -0.3 is 14.7 Å². The lowest BCUT2D eigenvalue weighted by Crippen LogP contribution is -2.29. The zero-order valence-electron chi connectivity index (χ0n) is 20.7. The minimum Gasteiger partial charge on any atom is -0.507 e. The molecule has 0 aliphatic carbocycles. The monoisotopic (exact) mass is 470 g/mol. The first-order valence-corrected chi connectivity index (χ1v) is 11.5. The van der Waals surface area contributed by atoms with Gasteiger partial charge in [-0.3, -0.25) is 14.6 Å². The van der Waals surface area contributed by atoms with E-state index in [2.05, 4.69) is 25.8 Å². The summed E-state index contributed by atoms with van der Waals surface area (Å²) in [6.45, 7) is 8.32. The fourth-order valence-electron chi connectivity index (χ4n) is 4.38. The molecule has 1 aromatic heterocycles. The van der Waals surface area contributed by atoms with Crippen molar-refractivity contribution in [1.29, 1.82) is 0 Å². The Bertz CT molecular complexity index is 1310. The summed E-state index contributed by atoms with van der Waals surface area (Å²) in [5, 5.41) is 11.5. The molecular weight excluding hydrogens is 440 g/mol. The molecule has 1 unspecified atom stereocenters. The molecule has 0 saturated carbocycles. The first-order valence-electron chi connectivity index (χ1n) is 11.5. The summed E-state index contributed by atoms with van der Waals surface area (Å²) in [6, 6.07) is 16.0. The van der Waals surface area contributed by atoms with Gasteiger partial charge in [0.25, 0.3) is 11.7 Å². The van der Waals surface area contributed by atoms with Gasteiger partial charge >= 0.3 is 0 Å². The number of hydrogen-bond acceptors (Lipinski definition) is 5. The zero-order chi connectivity index (χ0) is 25.3. The number of aliphatic hydroxyl groups is 1. The Hall–Kier alpha value is -3.93. The van der Waals surface area contributed by atoms with Crippen molar-refractivity contribution in [3.63, 3.8) is 0 Å². The summed E-state index contributed by atoms with van der Waals surface area (Å²) < 4.78 is 5.32. The van der Waals surface area contributed by atoms with Crippen LogP contribution in [0.3, 0.4) is 0 Å². The Labute approximate surface area is 205 Å². The summed E-state index contributed by atoms with van der Waals surface area (Å²) in [5.41, 5.74) is 3.77. The number of benzene rings is 2. The molecule has 180 valence electrons. The van der Waals surface area contributed by atoms with Crippen molar-refractivity contribution in [3.05, 3.63) is 100 Å². The lowest BCUT2D eigenvalue weighted by Gasteiger charge is -2.26. The number of carbonyl (C=O) groups is 2. The Morgan fingerprint density at radius 1 is 1.09 bits per heavy atom. The number of pyridine rings is 1. The highest BCUT2D eigenvalue weighted by atomic mass is 16.5. The van der Waals surface area contributed by atoms with Crippen LogP contribution in [-0.2, 0) is 21.5 Å². The average Bonchev–Trinajstić information content (AvgIpc) is 3.08. The molecular formula is C29H30N2O4. The van der Waals surface area contributed by atoms with Gasteiger partial charge in [0.1, 0.15) is 11.5 Å². The van der Waals surface area contributed by atoms with Crippen LogP contribution >= 0.6 is 0 Å². The van der Waals surface area contributed by atoms with Crippen LogP contribution < -0.4 is 4.74 Å². The molecule has 6 heteroatoms. The number of methoxy groups -OCH3 is 1. The standard InChI is InChI=1S/C29H30N2O4/c1-18-11-12-21(29(2,3)4)15-23(18)26(32)24-25(20-9-7-13-30-16-20)31(28(34)27(24)33)17-19-8-6-10-22(14-19)35-5/h6-16,25,32H,17H2,1-5H3/b26-24+. The number of nitrogens with zero attached hydrogens (tertiary/aromatic N) is 2. The van der Waals surface area contributed by atoms with E-state index in [0.29, 0.717) is 16.9 Å². The van der Waals surface area contributed by atoms with Crippen molar-refractivity contribution in [3.8, 4) is 5.75 Å². The Balaban J connectivity index is 1.88. The summed E-state index contributed by atoms with van der Waals surface area (Å²) in [6.07, 6.45) is 3.26. The molecule has 0 radical (unpaired) electrons. The normalized spacial score (nSPS) is 17.6. The number of aromatic nitrogens is 1. The van der Waals surface area contributed by atoms with Crippen molar-refractivity contribution in [2.24, 2.45) is 0 Å². The summed E-state index contributed by atoms with van der Waals surface area (Å²) in [5.74, 6) is -0.881. The average molecular weight is 471 g/mol. The van der Waals surface area contributed by atoms with Crippen LogP contribution in [0.2, 0.25) is 0 Å². The van der Waals surface area contributed by atoms with Crippen LogP contribution in [0.15, 0.2) is 72.6 Å². The van der Waals surface area contributed by atoms with Crippen molar-refractivity contribution in [1.82, 2.24) is 9.88 Å². The topological polar surface area (TPSA) is 79.7 Å². The maximum atomic E-state index is 13.4. The second kappa shape index (κ2) is 9.37. The second-order valence-electron chi connectivity index (χ2n) is 9.84. The van der Waals surface area contributed by atoms with E-state index in [0.717, 1.165) is 16.7 Å². The van der Waals surface area contributed by atoms with Crippen LogP contribution in [0.5, 0.6) is 5.75 Å². The minimum absolute atomic E-state index is 0.0695. The number of hydrogen-bond donors (Lipinski definition) is 1. The highest BCUT2D eigenvalue weighted by Crippen LogP contribution is 2.41. The van der Waals surface area contributed by atoms with E-state index >= 15 is 0 Å². The lowest BCUT2D eigenvalue weighted by molar-refractivity contribution is -0.140. The Morgan fingerprint density at radius 2 is 1.86 bits per heavy atom. The SMILES string of the molecule is COc1cccc(CN2C(=O)C(=O)/C(=C(/O)c3cc(C(C)(C)C)ccc3C)C2c2cccnc2)c1. The maximum Gasteiger partial charge on any atom is 0.295 e. The maximum absolute atomic E-state index is 13.4. The van der Waals surface area contributed by atoms with E-state index in [-0.39, 0.29) is 23.3 Å². The fraction of sp³-hybridized carbons (Fsp3) is 0.276. The van der Waals surface area contributed by atoms with Gasteiger partial charge in [0.05, 0.1) is 18.7 Å². The van der Waals surface area contributed by atoms with Crippen LogP contribution in [0.4, 0.5) is 0 Å². The van der Waals surface area contributed by atoms with Crippen molar-refractivity contribution >= 4 is 17.4 Å². The van der Waals surface area contributed by atoms with Gasteiger partial charge in [0.2, 0.25) is 0 Å². The van der Waals surface area contributed by atoms with Gasteiger partial charge in [-0.15, -0.1) is 0 Å². The number of rotatable bonds is 5. The molecule has 1 amide bonds. The largest absolute Gasteiger partial charge is 0.507 e. The van der Waals surface area contributed by atoms with Crippen LogP contribution in [0.25, 0.3) is 5.76 Å². The fourth-order valence-corrected chi connectivity index (χ4v) is 4.38. The number of likely N-dealkylation sites (tertiary alicyclic amines) is 1. The van der Waals surface area contributed by atoms with E-state index in [1.54, 1.807) is 25.6 Å². The number of Topliss-reactive ketones (excluding diaryl/α,β-unsaturated/α-hetero) is 1. The van der Waals surface area contributed by atoms with Gasteiger partial charge in [-0.25, -0.2) is 0 Å². The van der Waals surface area contributed by atoms with E-state index in [1.807, 2.05) is 55.5 Å². The smallest absolute Gasteiger partial charge is 0.295 e. The van der Waals surface area contributed by atoms with Crippen molar-refractivity contribution < 1.29 is 19.4 Å². The molecule has 2 aromatic carbocycles. The van der Waals surface area contributed by atoms with Crippen LogP contribution in [0.1, 0.15) is 54.6 Å². The number of carbonyl (C=O) groups excluding carboxylic acids is 2. The zero-order valence-corrected chi connectivity index (χ0v) is 20.7. The number of aliphatic hydroxyl groups excluding tert-OH is 1. The van der Waals surface area contributed by atoms with Crippen LogP contribution in [0, 0.1) is 6.92 Å². The number of ether oxygens (including phenoxy) is 1. The lowest BCUT2D eigenvalue weighted by atomic mass is 9.84. The predicted molar refractivity (Wildman–Crippen MR) is 135 cm³/mol. The molecule has 6 nitrogen and oxygen atoms in total. The van der Waals surface area contributed by atoms with Gasteiger partial charge in [0.15, 0.2) is 0 Å². The number of ketones is 1. The molecule has 1 N–H and O–H groups in total. The third kappa shape index (κ3) is 4.69. The number of amides is 1. The molecule has 1 fully saturated rings. The van der Waals surface area contributed by atoms with Crippen molar-refractivity contribution in [2.45, 2.75) is 45.7 Å². The van der Waals surface area contributed by atoms with Gasteiger partial charge in [0, 0.05) is 24.5 Å². The van der Waals surface area contributed by atoms with E-state index < -0.39 is 17.7 Å². The highest BCUT2D eigenvalue weighted by Gasteiger charge is 2.46. The predicted octanol–water partition coefficient (Wildman–Crippen LogP) is 5.32. The molecule has 1 saturated heterocycles. The third-order valence-corrected chi connectivity index (χ3v) is 6.39. The summed E-state index contributed by atoms with van der Waals surface area (Å²) >= 11 is 0. The van der Waals surface area contributed by atoms with E-state index in [4.69, 9.17) is 4.74 Å². The molecule has 0 spiro atoms. The first kappa shape index (κ1) is 24.2. The molecule has 0 bridgehead atoms. The molecule has 2 heterocycles. The van der Waals surface area contributed by atoms with Crippen LogP contribution in [-0.4, -0.2) is 33.8 Å². The quantitative estimate of drug-likeness (QED) is 0.310. The molecule has 35 heavy (non-hydrogen) atoms. The summed E-state index contributed by atoms with van der Waals surface area (Å²) in [4.78, 5) is 32.3. The molecule has 3 aromatic rings. The van der Waals surface area contributed by atoms with E-state index in [1.165, 1.54) is 4.90 Å². The van der Waals surface area contributed by atoms with Gasteiger partial charge in [-0.1, -0.05) is 51.1 Å². The second-order valence-corrected chi connectivity index (χ2v) is 9.84. The molecule has 1 atom stereocenters. The number of aryl methyl sites for hydroxylation is 1. The third-order valence-electron chi connectivity index (χ3n) is 6.39. The highest BCUT2D eigenvalue weighted by molar-refractivity contribution is 6.46.